The number of hydrogen-bond acceptors (Lipinski definition) is 3. The lowest BCUT2D eigenvalue weighted by Gasteiger charge is -2.08. The lowest BCUT2D eigenvalue weighted by molar-refractivity contribution is 0.104. The number of nitrogen functional groups attached to an aromatic ring is 1. The molecule has 0 fully saturated rings. The van der Waals surface area contributed by atoms with Crippen LogP contribution in [0.1, 0.15) is 15.9 Å². The number of benzene rings is 2. The average Bonchev–Trinajstić information content (AvgIpc) is 2.49. The molecule has 0 saturated carbocycles. The number of para-hydroxylation sites is 1. The third-order valence-corrected chi connectivity index (χ3v) is 3.22. The second-order valence-electron chi connectivity index (χ2n) is 4.43. The van der Waals surface area contributed by atoms with Crippen LogP contribution in [0.5, 0.6) is 0 Å². The van der Waals surface area contributed by atoms with E-state index in [2.05, 4.69) is 4.98 Å². The van der Waals surface area contributed by atoms with Crippen LogP contribution in [-0.4, -0.2) is 10.8 Å². The maximum absolute atomic E-state index is 13.5. The second-order valence-corrected chi connectivity index (χ2v) is 4.43. The smallest absolute Gasteiger partial charge is 0.195 e. The largest absolute Gasteiger partial charge is 0.396 e. The molecule has 20 heavy (non-hydrogen) atoms. The van der Waals surface area contributed by atoms with Crippen LogP contribution in [0.2, 0.25) is 0 Å². The Kier molecular flexibility index (Phi) is 2.91. The molecule has 3 rings (SSSR count). The van der Waals surface area contributed by atoms with Crippen LogP contribution in [-0.2, 0) is 0 Å². The Morgan fingerprint density at radius 1 is 1.05 bits per heavy atom. The first-order valence-electron chi connectivity index (χ1n) is 6.10. The molecule has 0 unspecified atom stereocenters. The van der Waals surface area contributed by atoms with E-state index in [4.69, 9.17) is 5.73 Å². The Labute approximate surface area is 114 Å². The van der Waals surface area contributed by atoms with Crippen molar-refractivity contribution in [2.24, 2.45) is 0 Å². The monoisotopic (exact) mass is 266 g/mol. The summed E-state index contributed by atoms with van der Waals surface area (Å²) >= 11 is 0. The first-order valence-corrected chi connectivity index (χ1v) is 6.10. The van der Waals surface area contributed by atoms with E-state index in [1.165, 1.54) is 18.2 Å². The topological polar surface area (TPSA) is 56.0 Å². The first-order chi connectivity index (χ1) is 9.68. The minimum absolute atomic E-state index is 0.122. The van der Waals surface area contributed by atoms with Crippen molar-refractivity contribution in [3.63, 3.8) is 0 Å². The number of pyridine rings is 1. The van der Waals surface area contributed by atoms with Gasteiger partial charge in [0.1, 0.15) is 5.82 Å². The molecule has 0 bridgehead atoms. The molecule has 0 atom stereocenters. The summed E-state index contributed by atoms with van der Waals surface area (Å²) in [6.07, 6.45) is 3.30. The zero-order valence-electron chi connectivity index (χ0n) is 10.5. The van der Waals surface area contributed by atoms with Crippen LogP contribution in [0.25, 0.3) is 10.8 Å². The fraction of sp³-hybridized carbons (Fsp3) is 0. The zero-order chi connectivity index (χ0) is 14.1. The molecule has 0 amide bonds. The van der Waals surface area contributed by atoms with Crippen molar-refractivity contribution in [2.45, 2.75) is 0 Å². The standard InChI is InChI=1S/C16H11FN2O/c17-14-6-2-5-13(15(14)18)16(20)12-4-1-3-10-9-19-8-7-11(10)12/h1-9H,18H2. The van der Waals surface area contributed by atoms with Gasteiger partial charge in [-0.15, -0.1) is 0 Å². The number of anilines is 1. The molecular weight excluding hydrogens is 255 g/mol. The van der Waals surface area contributed by atoms with Crippen molar-refractivity contribution < 1.29 is 9.18 Å². The van der Waals surface area contributed by atoms with E-state index < -0.39 is 5.82 Å². The third-order valence-electron chi connectivity index (χ3n) is 3.22. The number of hydrogen-bond donors (Lipinski definition) is 1. The molecule has 0 aliphatic rings. The van der Waals surface area contributed by atoms with E-state index >= 15 is 0 Å². The van der Waals surface area contributed by atoms with Crippen LogP contribution >= 0.6 is 0 Å². The van der Waals surface area contributed by atoms with Gasteiger partial charge in [0.25, 0.3) is 0 Å². The van der Waals surface area contributed by atoms with E-state index in [0.717, 1.165) is 10.8 Å². The van der Waals surface area contributed by atoms with Gasteiger partial charge in [-0.2, -0.15) is 0 Å². The molecule has 0 spiro atoms. The summed E-state index contributed by atoms with van der Waals surface area (Å²) in [5, 5.41) is 1.63. The van der Waals surface area contributed by atoms with Gasteiger partial charge < -0.3 is 5.73 Å². The van der Waals surface area contributed by atoms with Gasteiger partial charge in [0.15, 0.2) is 5.78 Å². The predicted octanol–water partition coefficient (Wildman–Crippen LogP) is 3.19. The number of fused-ring (bicyclic) bond motifs is 1. The Hall–Kier alpha value is -2.75. The van der Waals surface area contributed by atoms with Gasteiger partial charge in [0.2, 0.25) is 0 Å². The van der Waals surface area contributed by atoms with Crippen molar-refractivity contribution in [3.05, 3.63) is 71.8 Å². The lowest BCUT2D eigenvalue weighted by Crippen LogP contribution is -2.07. The van der Waals surface area contributed by atoms with Crippen LogP contribution in [0, 0.1) is 5.82 Å². The molecule has 0 aliphatic carbocycles. The molecule has 2 aromatic carbocycles. The first kappa shape index (κ1) is 12.3. The SMILES string of the molecule is Nc1c(F)cccc1C(=O)c1cccc2cnccc12. The molecule has 98 valence electrons. The number of aromatic nitrogens is 1. The van der Waals surface area contributed by atoms with Crippen LogP contribution in [0.4, 0.5) is 10.1 Å². The van der Waals surface area contributed by atoms with Gasteiger partial charge in [0.05, 0.1) is 5.69 Å². The molecule has 2 N–H and O–H groups in total. The summed E-state index contributed by atoms with van der Waals surface area (Å²) in [4.78, 5) is 16.6. The molecule has 0 saturated heterocycles. The molecule has 3 aromatic rings. The van der Waals surface area contributed by atoms with E-state index in [1.54, 1.807) is 30.6 Å². The van der Waals surface area contributed by atoms with E-state index in [1.807, 2.05) is 6.07 Å². The highest BCUT2D eigenvalue weighted by Crippen LogP contribution is 2.24. The number of nitrogens with zero attached hydrogens (tertiary/aromatic N) is 1. The van der Waals surface area contributed by atoms with Crippen molar-refractivity contribution in [2.75, 3.05) is 5.73 Å². The van der Waals surface area contributed by atoms with Crippen LogP contribution < -0.4 is 5.73 Å². The Morgan fingerprint density at radius 2 is 1.80 bits per heavy atom. The van der Waals surface area contributed by atoms with Crippen LogP contribution in [0.3, 0.4) is 0 Å². The summed E-state index contributed by atoms with van der Waals surface area (Å²) in [7, 11) is 0. The number of nitrogens with two attached hydrogens (primary N) is 1. The maximum Gasteiger partial charge on any atom is 0.195 e. The van der Waals surface area contributed by atoms with Crippen molar-refractivity contribution in [3.8, 4) is 0 Å². The highest BCUT2D eigenvalue weighted by Gasteiger charge is 2.16. The Balaban J connectivity index is 2.21. The zero-order valence-corrected chi connectivity index (χ0v) is 10.5. The minimum Gasteiger partial charge on any atom is -0.396 e. The number of carbonyl (C=O) groups is 1. The highest BCUT2D eigenvalue weighted by molar-refractivity contribution is 6.18. The molecule has 3 nitrogen and oxygen atoms in total. The summed E-state index contributed by atoms with van der Waals surface area (Å²) < 4.78 is 13.5. The summed E-state index contributed by atoms with van der Waals surface area (Å²) in [5.74, 6) is -0.878. The normalized spacial score (nSPS) is 10.7. The average molecular weight is 266 g/mol. The third kappa shape index (κ3) is 1.91. The number of halogens is 1. The van der Waals surface area contributed by atoms with Gasteiger partial charge in [-0.1, -0.05) is 24.3 Å². The maximum atomic E-state index is 13.5. The van der Waals surface area contributed by atoms with Crippen LogP contribution in [0.15, 0.2) is 54.9 Å². The quantitative estimate of drug-likeness (QED) is 0.572. The molecule has 0 radical (unpaired) electrons. The van der Waals surface area contributed by atoms with Gasteiger partial charge in [-0.05, 0) is 23.6 Å². The minimum atomic E-state index is -0.585. The van der Waals surface area contributed by atoms with Crippen molar-refractivity contribution >= 4 is 22.2 Å². The molecule has 0 aliphatic heterocycles. The molecule has 1 aromatic heterocycles. The molecular formula is C16H11FN2O. The number of rotatable bonds is 2. The van der Waals surface area contributed by atoms with Gasteiger partial charge >= 0.3 is 0 Å². The fourth-order valence-corrected chi connectivity index (χ4v) is 2.20. The molecule has 4 heteroatoms. The second kappa shape index (κ2) is 4.74. The Bertz CT molecular complexity index is 809. The number of ketones is 1. The summed E-state index contributed by atoms with van der Waals surface area (Å²) in [5.41, 5.74) is 6.20. The Morgan fingerprint density at radius 3 is 2.65 bits per heavy atom. The summed E-state index contributed by atoms with van der Waals surface area (Å²) in [6, 6.07) is 11.3. The van der Waals surface area contributed by atoms with Crippen molar-refractivity contribution in [1.29, 1.82) is 0 Å². The van der Waals surface area contributed by atoms with E-state index in [-0.39, 0.29) is 17.0 Å². The summed E-state index contributed by atoms with van der Waals surface area (Å²) in [6.45, 7) is 0. The lowest BCUT2D eigenvalue weighted by atomic mass is 9.97. The predicted molar refractivity (Wildman–Crippen MR) is 76.0 cm³/mol. The van der Waals surface area contributed by atoms with Crippen molar-refractivity contribution in [1.82, 2.24) is 4.98 Å². The van der Waals surface area contributed by atoms with Gasteiger partial charge in [-0.3, -0.25) is 9.78 Å². The highest BCUT2D eigenvalue weighted by atomic mass is 19.1. The van der Waals surface area contributed by atoms with E-state index in [9.17, 15) is 9.18 Å². The fourth-order valence-electron chi connectivity index (χ4n) is 2.20. The van der Waals surface area contributed by atoms with Gasteiger partial charge in [0, 0.05) is 28.9 Å². The van der Waals surface area contributed by atoms with Gasteiger partial charge in [-0.25, -0.2) is 4.39 Å². The molecule has 1 heterocycles. The number of carbonyl (C=O) groups excluding carboxylic acids is 1. The van der Waals surface area contributed by atoms with E-state index in [0.29, 0.717) is 5.56 Å².